The largest absolute Gasteiger partial charge is 0.479 e. The molecule has 2 rings (SSSR count). The molecular formula is C17H20O3. The molecule has 0 saturated heterocycles. The van der Waals surface area contributed by atoms with Gasteiger partial charge in [-0.05, 0) is 27.8 Å². The molecule has 20 heavy (non-hydrogen) atoms. The first-order valence-corrected chi connectivity index (χ1v) is 6.70. The number of rotatable bonds is 4. The Morgan fingerprint density at radius 1 is 1.15 bits per heavy atom. The lowest BCUT2D eigenvalue weighted by Gasteiger charge is -2.27. The van der Waals surface area contributed by atoms with Crippen molar-refractivity contribution in [2.24, 2.45) is 5.41 Å². The molecule has 2 aromatic carbocycles. The van der Waals surface area contributed by atoms with Crippen molar-refractivity contribution in [1.29, 1.82) is 0 Å². The van der Waals surface area contributed by atoms with E-state index >= 15 is 0 Å². The van der Waals surface area contributed by atoms with E-state index in [1.807, 2.05) is 57.2 Å². The number of carboxylic acid groups (broad SMARTS) is 1. The molecule has 3 nitrogen and oxygen atoms in total. The molecule has 0 bridgehead atoms. The molecule has 0 radical (unpaired) electrons. The van der Waals surface area contributed by atoms with Gasteiger partial charge in [0.15, 0.2) is 6.10 Å². The number of fused-ring (bicyclic) bond motifs is 1. The van der Waals surface area contributed by atoms with Gasteiger partial charge in [0.2, 0.25) is 0 Å². The van der Waals surface area contributed by atoms with E-state index in [9.17, 15) is 9.90 Å². The number of ether oxygens (including phenoxy) is 1. The standard InChI is InChI=1S/C17H20O3/c1-17(2,3)15(16(18)19)20-11-12-8-9-13-6-4-5-7-14(13)10-12/h4-10,15H,11H2,1-3H3,(H,18,19)/t15-/m1/s1. The zero-order valence-corrected chi connectivity index (χ0v) is 12.1. The highest BCUT2D eigenvalue weighted by Crippen LogP contribution is 2.24. The number of aliphatic carboxylic acids is 1. The third-order valence-electron chi connectivity index (χ3n) is 3.24. The van der Waals surface area contributed by atoms with Crippen molar-refractivity contribution in [3.63, 3.8) is 0 Å². The topological polar surface area (TPSA) is 46.5 Å². The van der Waals surface area contributed by atoms with Crippen LogP contribution in [0.3, 0.4) is 0 Å². The van der Waals surface area contributed by atoms with Gasteiger partial charge >= 0.3 is 5.97 Å². The minimum atomic E-state index is -0.918. The van der Waals surface area contributed by atoms with Crippen LogP contribution in [-0.4, -0.2) is 17.2 Å². The Balaban J connectivity index is 2.14. The molecule has 3 heteroatoms. The van der Waals surface area contributed by atoms with E-state index in [4.69, 9.17) is 4.74 Å². The average Bonchev–Trinajstić information content (AvgIpc) is 2.36. The summed E-state index contributed by atoms with van der Waals surface area (Å²) in [5, 5.41) is 11.5. The van der Waals surface area contributed by atoms with Crippen LogP contribution in [0.2, 0.25) is 0 Å². The number of carboxylic acids is 1. The van der Waals surface area contributed by atoms with Gasteiger partial charge in [-0.1, -0.05) is 57.2 Å². The second-order valence-corrected chi connectivity index (χ2v) is 6.08. The Bertz CT molecular complexity index is 611. The molecule has 0 aromatic heterocycles. The fourth-order valence-corrected chi connectivity index (χ4v) is 2.20. The molecule has 0 aliphatic carbocycles. The monoisotopic (exact) mass is 272 g/mol. The van der Waals surface area contributed by atoms with Gasteiger partial charge in [0, 0.05) is 0 Å². The first kappa shape index (κ1) is 14.5. The lowest BCUT2D eigenvalue weighted by atomic mass is 9.89. The highest BCUT2D eigenvalue weighted by Gasteiger charge is 2.32. The van der Waals surface area contributed by atoms with Crippen LogP contribution in [0.1, 0.15) is 26.3 Å². The van der Waals surface area contributed by atoms with Crippen LogP contribution in [0.5, 0.6) is 0 Å². The summed E-state index contributed by atoms with van der Waals surface area (Å²) in [7, 11) is 0. The summed E-state index contributed by atoms with van der Waals surface area (Å²) in [6.07, 6.45) is -0.811. The van der Waals surface area contributed by atoms with Crippen molar-refractivity contribution in [2.75, 3.05) is 0 Å². The second kappa shape index (κ2) is 5.63. The van der Waals surface area contributed by atoms with Gasteiger partial charge in [-0.3, -0.25) is 0 Å². The van der Waals surface area contributed by atoms with Crippen molar-refractivity contribution in [1.82, 2.24) is 0 Å². The smallest absolute Gasteiger partial charge is 0.333 e. The van der Waals surface area contributed by atoms with E-state index in [0.717, 1.165) is 10.9 Å². The predicted molar refractivity (Wildman–Crippen MR) is 79.6 cm³/mol. The molecule has 0 saturated carbocycles. The first-order chi connectivity index (χ1) is 9.38. The van der Waals surface area contributed by atoms with Gasteiger partial charge in [-0.2, -0.15) is 0 Å². The van der Waals surface area contributed by atoms with Crippen molar-refractivity contribution < 1.29 is 14.6 Å². The molecular weight excluding hydrogens is 252 g/mol. The molecule has 0 aliphatic heterocycles. The van der Waals surface area contributed by atoms with Crippen LogP contribution >= 0.6 is 0 Å². The molecule has 0 aliphatic rings. The Morgan fingerprint density at radius 2 is 1.80 bits per heavy atom. The molecule has 0 heterocycles. The van der Waals surface area contributed by atoms with Crippen molar-refractivity contribution in [3.8, 4) is 0 Å². The predicted octanol–water partition coefficient (Wildman–Crippen LogP) is 3.86. The molecule has 0 unspecified atom stereocenters. The quantitative estimate of drug-likeness (QED) is 0.919. The summed E-state index contributed by atoms with van der Waals surface area (Å²) < 4.78 is 5.60. The fraction of sp³-hybridized carbons (Fsp3) is 0.353. The Morgan fingerprint density at radius 3 is 2.40 bits per heavy atom. The van der Waals surface area contributed by atoms with Crippen LogP contribution in [0, 0.1) is 5.41 Å². The summed E-state index contributed by atoms with van der Waals surface area (Å²) >= 11 is 0. The second-order valence-electron chi connectivity index (χ2n) is 6.08. The van der Waals surface area contributed by atoms with Crippen LogP contribution in [0.25, 0.3) is 10.8 Å². The number of carbonyl (C=O) groups is 1. The van der Waals surface area contributed by atoms with Crippen LogP contribution in [0.15, 0.2) is 42.5 Å². The van der Waals surface area contributed by atoms with Gasteiger partial charge < -0.3 is 9.84 Å². The maximum Gasteiger partial charge on any atom is 0.333 e. The molecule has 0 fully saturated rings. The van der Waals surface area contributed by atoms with Crippen molar-refractivity contribution >= 4 is 16.7 Å². The zero-order chi connectivity index (χ0) is 14.8. The Labute approximate surface area is 119 Å². The average molecular weight is 272 g/mol. The Hall–Kier alpha value is -1.87. The Kier molecular flexibility index (Phi) is 4.09. The van der Waals surface area contributed by atoms with Gasteiger partial charge in [0.05, 0.1) is 6.61 Å². The summed E-state index contributed by atoms with van der Waals surface area (Å²) in [5.74, 6) is -0.918. The molecule has 2 aromatic rings. The molecule has 0 amide bonds. The normalized spacial score (nSPS) is 13.3. The summed E-state index contributed by atoms with van der Waals surface area (Å²) in [4.78, 5) is 11.3. The highest BCUT2D eigenvalue weighted by molar-refractivity contribution is 5.83. The van der Waals surface area contributed by atoms with E-state index in [-0.39, 0.29) is 0 Å². The van der Waals surface area contributed by atoms with Crippen molar-refractivity contribution in [3.05, 3.63) is 48.0 Å². The number of hydrogen-bond acceptors (Lipinski definition) is 2. The van der Waals surface area contributed by atoms with Gasteiger partial charge in [0.25, 0.3) is 0 Å². The number of benzene rings is 2. The summed E-state index contributed by atoms with van der Waals surface area (Å²) in [5.41, 5.74) is 0.557. The maximum absolute atomic E-state index is 11.3. The van der Waals surface area contributed by atoms with E-state index in [1.54, 1.807) is 0 Å². The lowest BCUT2D eigenvalue weighted by Crippen LogP contribution is -2.36. The third-order valence-corrected chi connectivity index (χ3v) is 3.24. The lowest BCUT2D eigenvalue weighted by molar-refractivity contribution is -0.159. The van der Waals surface area contributed by atoms with E-state index in [2.05, 4.69) is 6.07 Å². The van der Waals surface area contributed by atoms with Gasteiger partial charge in [0.1, 0.15) is 0 Å². The minimum Gasteiger partial charge on any atom is -0.479 e. The molecule has 1 atom stereocenters. The van der Waals surface area contributed by atoms with Gasteiger partial charge in [-0.25, -0.2) is 4.79 Å². The van der Waals surface area contributed by atoms with Crippen LogP contribution in [0.4, 0.5) is 0 Å². The van der Waals surface area contributed by atoms with E-state index in [1.165, 1.54) is 5.39 Å². The van der Waals surface area contributed by atoms with Gasteiger partial charge in [-0.15, -0.1) is 0 Å². The molecule has 1 N–H and O–H groups in total. The summed E-state index contributed by atoms with van der Waals surface area (Å²) in [6.45, 7) is 5.91. The maximum atomic E-state index is 11.3. The minimum absolute atomic E-state index is 0.305. The highest BCUT2D eigenvalue weighted by atomic mass is 16.5. The third kappa shape index (κ3) is 3.36. The van der Waals surface area contributed by atoms with E-state index < -0.39 is 17.5 Å². The molecule has 0 spiro atoms. The molecule has 106 valence electrons. The van der Waals surface area contributed by atoms with Crippen LogP contribution in [-0.2, 0) is 16.1 Å². The zero-order valence-electron chi connectivity index (χ0n) is 12.1. The van der Waals surface area contributed by atoms with Crippen molar-refractivity contribution in [2.45, 2.75) is 33.5 Å². The van der Waals surface area contributed by atoms with Crippen LogP contribution < -0.4 is 0 Å². The van der Waals surface area contributed by atoms with E-state index in [0.29, 0.717) is 6.61 Å². The summed E-state index contributed by atoms with van der Waals surface area (Å²) in [6, 6.07) is 14.1. The fourth-order valence-electron chi connectivity index (χ4n) is 2.20. The SMILES string of the molecule is CC(C)(C)[C@H](OCc1ccc2ccccc2c1)C(=O)O. The number of hydrogen-bond donors (Lipinski definition) is 1. The first-order valence-electron chi connectivity index (χ1n) is 6.70.